The van der Waals surface area contributed by atoms with E-state index in [1.165, 1.54) is 4.88 Å². The van der Waals surface area contributed by atoms with Crippen LogP contribution in [0, 0.1) is 0 Å². The third-order valence-electron chi connectivity index (χ3n) is 4.57. The van der Waals surface area contributed by atoms with E-state index >= 15 is 0 Å². The summed E-state index contributed by atoms with van der Waals surface area (Å²) in [5.74, 6) is 0.135. The normalized spacial score (nSPS) is 18.3. The topological polar surface area (TPSA) is 38.3 Å². The minimum absolute atomic E-state index is 0.129. The Balaban J connectivity index is 1.75. The van der Waals surface area contributed by atoms with Gasteiger partial charge in [0.25, 0.3) is 0 Å². The van der Waals surface area contributed by atoms with Crippen LogP contribution < -0.4 is 5.32 Å². The zero-order valence-corrected chi connectivity index (χ0v) is 14.3. The van der Waals surface area contributed by atoms with Crippen LogP contribution in [-0.4, -0.2) is 25.2 Å². The second-order valence-corrected chi connectivity index (χ2v) is 7.25. The van der Waals surface area contributed by atoms with E-state index in [1.54, 1.807) is 11.3 Å². The summed E-state index contributed by atoms with van der Waals surface area (Å²) < 4.78 is 5.51. The Morgan fingerprint density at radius 2 is 1.96 bits per heavy atom. The first-order valence-corrected chi connectivity index (χ1v) is 9.05. The number of ether oxygens (including phenoxy) is 1. The van der Waals surface area contributed by atoms with Gasteiger partial charge in [0.15, 0.2) is 0 Å². The Kier molecular flexibility index (Phi) is 5.13. The van der Waals surface area contributed by atoms with Gasteiger partial charge in [-0.2, -0.15) is 0 Å². The molecule has 1 aliphatic rings. The molecule has 1 amide bonds. The Hall–Kier alpha value is -1.65. The van der Waals surface area contributed by atoms with Crippen molar-refractivity contribution >= 4 is 17.2 Å². The Morgan fingerprint density at radius 1 is 1.22 bits per heavy atom. The third-order valence-corrected chi connectivity index (χ3v) is 5.47. The van der Waals surface area contributed by atoms with Crippen molar-refractivity contribution in [3.05, 3.63) is 58.3 Å². The number of hydrogen-bond acceptors (Lipinski definition) is 3. The van der Waals surface area contributed by atoms with E-state index in [9.17, 15) is 4.79 Å². The standard InChI is InChI=1S/C19H23NO2S/c1-15(14-17-8-5-13-23-17)20-18(21)19(9-11-22-12-10-19)16-6-3-2-4-7-16/h2-8,13,15H,9-12,14H2,1H3,(H,20,21)/t15-/m0/s1. The summed E-state index contributed by atoms with van der Waals surface area (Å²) in [5.41, 5.74) is 0.646. The number of benzene rings is 1. The molecule has 0 saturated carbocycles. The fourth-order valence-electron chi connectivity index (χ4n) is 3.27. The molecule has 122 valence electrons. The van der Waals surface area contributed by atoms with Crippen LogP contribution in [0.15, 0.2) is 47.8 Å². The number of rotatable bonds is 5. The highest BCUT2D eigenvalue weighted by atomic mass is 32.1. The second kappa shape index (κ2) is 7.28. The van der Waals surface area contributed by atoms with Crippen LogP contribution in [-0.2, 0) is 21.4 Å². The molecule has 3 nitrogen and oxygen atoms in total. The molecule has 1 aliphatic heterocycles. The molecule has 0 aliphatic carbocycles. The molecule has 23 heavy (non-hydrogen) atoms. The van der Waals surface area contributed by atoms with Gasteiger partial charge in [-0.25, -0.2) is 0 Å². The van der Waals surface area contributed by atoms with Gasteiger partial charge in [-0.1, -0.05) is 36.4 Å². The van der Waals surface area contributed by atoms with Crippen molar-refractivity contribution in [2.75, 3.05) is 13.2 Å². The van der Waals surface area contributed by atoms with Gasteiger partial charge in [-0.15, -0.1) is 11.3 Å². The van der Waals surface area contributed by atoms with Gasteiger partial charge in [0.05, 0.1) is 5.41 Å². The van der Waals surface area contributed by atoms with Crippen molar-refractivity contribution in [3.63, 3.8) is 0 Å². The molecule has 1 atom stereocenters. The molecule has 3 rings (SSSR count). The van der Waals surface area contributed by atoms with E-state index in [0.717, 1.165) is 24.8 Å². The highest BCUT2D eigenvalue weighted by Crippen LogP contribution is 2.35. The average molecular weight is 329 g/mol. The first-order valence-electron chi connectivity index (χ1n) is 8.17. The number of amides is 1. The molecule has 0 unspecified atom stereocenters. The molecule has 1 fully saturated rings. The summed E-state index contributed by atoms with van der Waals surface area (Å²) in [7, 11) is 0. The molecule has 4 heteroatoms. The van der Waals surface area contributed by atoms with Crippen LogP contribution in [0.5, 0.6) is 0 Å². The van der Waals surface area contributed by atoms with Crippen LogP contribution in [0.2, 0.25) is 0 Å². The molecule has 2 aromatic rings. The molecule has 1 N–H and O–H groups in total. The van der Waals surface area contributed by atoms with E-state index in [0.29, 0.717) is 13.2 Å². The summed E-state index contributed by atoms with van der Waals surface area (Å²) in [6, 6.07) is 14.4. The van der Waals surface area contributed by atoms with E-state index in [2.05, 4.69) is 41.9 Å². The quantitative estimate of drug-likeness (QED) is 0.911. The SMILES string of the molecule is C[C@@H](Cc1cccs1)NC(=O)C1(c2ccccc2)CCOCC1. The number of thiophene rings is 1. The maximum absolute atomic E-state index is 13.1. The number of carbonyl (C=O) groups is 1. The first-order chi connectivity index (χ1) is 11.2. The van der Waals surface area contributed by atoms with Crippen LogP contribution >= 0.6 is 11.3 Å². The summed E-state index contributed by atoms with van der Waals surface area (Å²) in [6.45, 7) is 3.36. The lowest BCUT2D eigenvalue weighted by Crippen LogP contribution is -2.50. The van der Waals surface area contributed by atoms with Crippen molar-refractivity contribution in [1.29, 1.82) is 0 Å². The number of nitrogens with one attached hydrogen (secondary N) is 1. The predicted octanol–water partition coefficient (Wildman–Crippen LogP) is 3.54. The van der Waals surface area contributed by atoms with Crippen LogP contribution in [0.25, 0.3) is 0 Å². The average Bonchev–Trinajstić information content (AvgIpc) is 3.09. The van der Waals surface area contributed by atoms with E-state index in [1.807, 2.05) is 18.2 Å². The fourth-order valence-corrected chi connectivity index (χ4v) is 4.10. The maximum atomic E-state index is 13.1. The van der Waals surface area contributed by atoms with Crippen molar-refractivity contribution < 1.29 is 9.53 Å². The summed E-state index contributed by atoms with van der Waals surface area (Å²) in [6.07, 6.45) is 2.37. The molecule has 2 heterocycles. The van der Waals surface area contributed by atoms with Gasteiger partial charge in [0.1, 0.15) is 0 Å². The molecule has 0 radical (unpaired) electrons. The van der Waals surface area contributed by atoms with Crippen molar-refractivity contribution in [2.45, 2.75) is 37.6 Å². The Bertz CT molecular complexity index is 618. The van der Waals surface area contributed by atoms with E-state index in [4.69, 9.17) is 4.74 Å². The zero-order valence-electron chi connectivity index (χ0n) is 13.5. The summed E-state index contributed by atoms with van der Waals surface area (Å²) in [5, 5.41) is 5.32. The summed E-state index contributed by atoms with van der Waals surface area (Å²) >= 11 is 1.74. The minimum atomic E-state index is -0.455. The third kappa shape index (κ3) is 3.65. The van der Waals surface area contributed by atoms with Gasteiger partial charge in [-0.05, 0) is 36.8 Å². The van der Waals surface area contributed by atoms with Crippen LogP contribution in [0.4, 0.5) is 0 Å². The molecule has 1 aromatic heterocycles. The highest BCUT2D eigenvalue weighted by molar-refractivity contribution is 7.09. The number of hydrogen-bond donors (Lipinski definition) is 1. The molecular formula is C19H23NO2S. The molecular weight excluding hydrogens is 306 g/mol. The van der Waals surface area contributed by atoms with Crippen molar-refractivity contribution in [3.8, 4) is 0 Å². The largest absolute Gasteiger partial charge is 0.381 e. The van der Waals surface area contributed by atoms with Crippen LogP contribution in [0.1, 0.15) is 30.2 Å². The molecule has 1 saturated heterocycles. The lowest BCUT2D eigenvalue weighted by atomic mass is 9.73. The fraction of sp³-hybridized carbons (Fsp3) is 0.421. The molecule has 1 aromatic carbocycles. The second-order valence-electron chi connectivity index (χ2n) is 6.22. The summed E-state index contributed by atoms with van der Waals surface area (Å²) in [4.78, 5) is 14.4. The molecule has 0 spiro atoms. The van der Waals surface area contributed by atoms with Gasteiger partial charge in [0, 0.05) is 30.6 Å². The first kappa shape index (κ1) is 16.2. The van der Waals surface area contributed by atoms with E-state index in [-0.39, 0.29) is 11.9 Å². The minimum Gasteiger partial charge on any atom is -0.381 e. The highest BCUT2D eigenvalue weighted by Gasteiger charge is 2.41. The predicted molar refractivity (Wildman–Crippen MR) is 93.8 cm³/mol. The van der Waals surface area contributed by atoms with Gasteiger partial charge >= 0.3 is 0 Å². The van der Waals surface area contributed by atoms with Gasteiger partial charge < -0.3 is 10.1 Å². The van der Waals surface area contributed by atoms with Crippen molar-refractivity contribution in [1.82, 2.24) is 5.32 Å². The Labute approximate surface area is 141 Å². The Morgan fingerprint density at radius 3 is 2.61 bits per heavy atom. The van der Waals surface area contributed by atoms with Crippen LogP contribution in [0.3, 0.4) is 0 Å². The monoisotopic (exact) mass is 329 g/mol. The lowest BCUT2D eigenvalue weighted by Gasteiger charge is -2.37. The lowest BCUT2D eigenvalue weighted by molar-refractivity contribution is -0.131. The maximum Gasteiger partial charge on any atom is 0.231 e. The molecule has 0 bridgehead atoms. The van der Waals surface area contributed by atoms with Crippen molar-refractivity contribution in [2.24, 2.45) is 0 Å². The number of carbonyl (C=O) groups excluding carboxylic acids is 1. The smallest absolute Gasteiger partial charge is 0.231 e. The van der Waals surface area contributed by atoms with E-state index < -0.39 is 5.41 Å². The van der Waals surface area contributed by atoms with Gasteiger partial charge in [-0.3, -0.25) is 4.79 Å². The van der Waals surface area contributed by atoms with Gasteiger partial charge in [0.2, 0.25) is 5.91 Å². The zero-order chi connectivity index (χ0) is 16.1.